The van der Waals surface area contributed by atoms with E-state index in [0.717, 1.165) is 8.55 Å². The van der Waals surface area contributed by atoms with Crippen LogP contribution >= 0.6 is 66.7 Å². The molecule has 3 nitrogen and oxygen atoms in total. The van der Waals surface area contributed by atoms with Crippen molar-refractivity contribution in [3.05, 3.63) is 31.9 Å². The van der Waals surface area contributed by atoms with Gasteiger partial charge in [-0.3, -0.25) is 0 Å². The third-order valence-corrected chi connectivity index (χ3v) is 4.59. The van der Waals surface area contributed by atoms with Gasteiger partial charge in [-0.15, -0.1) is 11.3 Å². The van der Waals surface area contributed by atoms with Crippen molar-refractivity contribution in [2.75, 3.05) is 4.72 Å². The number of anilines is 1. The number of aromatic nitrogens is 2. The standard InChI is InChI=1S/C8H4Br2ClN3S2/c9-4-3-12-8(7(10)13-4)14-16-6-2-1-5(11)15-6/h1-3H,(H,12,14). The summed E-state index contributed by atoms with van der Waals surface area (Å²) in [6.07, 6.45) is 1.63. The minimum absolute atomic E-state index is 0.664. The van der Waals surface area contributed by atoms with Crippen molar-refractivity contribution in [3.63, 3.8) is 0 Å². The molecule has 0 saturated heterocycles. The summed E-state index contributed by atoms with van der Waals surface area (Å²) >= 11 is 15.4. The molecule has 8 heteroatoms. The molecule has 0 amide bonds. The van der Waals surface area contributed by atoms with E-state index in [1.165, 1.54) is 23.3 Å². The summed E-state index contributed by atoms with van der Waals surface area (Å²) in [5, 5.41) is 0. The predicted octanol–water partition coefficient (Wildman–Crippen LogP) is 4.84. The summed E-state index contributed by atoms with van der Waals surface area (Å²) in [5.41, 5.74) is 0. The van der Waals surface area contributed by atoms with Gasteiger partial charge in [0, 0.05) is 0 Å². The first kappa shape index (κ1) is 12.6. The highest BCUT2D eigenvalue weighted by Crippen LogP contribution is 2.32. The molecule has 0 aromatic carbocycles. The smallest absolute Gasteiger partial charge is 0.169 e. The maximum Gasteiger partial charge on any atom is 0.169 e. The number of hydrogen-bond donors (Lipinski definition) is 1. The second-order valence-corrected chi connectivity index (χ2v) is 6.98. The third kappa shape index (κ3) is 3.33. The summed E-state index contributed by atoms with van der Waals surface area (Å²) in [5.74, 6) is 0.678. The van der Waals surface area contributed by atoms with Crippen molar-refractivity contribution in [1.29, 1.82) is 0 Å². The summed E-state index contributed by atoms with van der Waals surface area (Å²) in [6.45, 7) is 0. The van der Waals surface area contributed by atoms with Crippen LogP contribution in [0.5, 0.6) is 0 Å². The SMILES string of the molecule is Clc1ccc(SNc2ncc(Br)nc2Br)s1. The van der Waals surface area contributed by atoms with Gasteiger partial charge in [0.25, 0.3) is 0 Å². The molecule has 0 aliphatic rings. The Labute approximate surface area is 122 Å². The molecule has 0 bridgehead atoms. The van der Waals surface area contributed by atoms with Gasteiger partial charge in [-0.05, 0) is 55.9 Å². The van der Waals surface area contributed by atoms with Gasteiger partial charge in [-0.1, -0.05) is 11.6 Å². The van der Waals surface area contributed by atoms with Crippen molar-refractivity contribution in [3.8, 4) is 0 Å². The lowest BCUT2D eigenvalue weighted by atomic mass is 10.7. The summed E-state index contributed by atoms with van der Waals surface area (Å²) < 4.78 is 6.29. The van der Waals surface area contributed by atoms with Crippen LogP contribution in [0.1, 0.15) is 0 Å². The van der Waals surface area contributed by atoms with Gasteiger partial charge < -0.3 is 4.72 Å². The molecule has 0 saturated carbocycles. The summed E-state index contributed by atoms with van der Waals surface area (Å²) in [7, 11) is 0. The maximum absolute atomic E-state index is 5.83. The van der Waals surface area contributed by atoms with E-state index in [2.05, 4.69) is 46.5 Å². The minimum atomic E-state index is 0.664. The Bertz CT molecular complexity index is 506. The topological polar surface area (TPSA) is 37.8 Å². The highest BCUT2D eigenvalue weighted by atomic mass is 79.9. The van der Waals surface area contributed by atoms with E-state index in [1.54, 1.807) is 6.20 Å². The molecule has 0 aliphatic heterocycles. The first-order valence-corrected chi connectivity index (χ1v) is 7.61. The van der Waals surface area contributed by atoms with Crippen LogP contribution in [0.3, 0.4) is 0 Å². The minimum Gasteiger partial charge on any atom is -0.307 e. The lowest BCUT2D eigenvalue weighted by molar-refractivity contribution is 1.14. The highest BCUT2D eigenvalue weighted by molar-refractivity contribution is 9.11. The molecule has 2 heterocycles. The zero-order valence-electron chi connectivity index (χ0n) is 7.58. The summed E-state index contributed by atoms with van der Waals surface area (Å²) in [6, 6.07) is 3.81. The molecule has 16 heavy (non-hydrogen) atoms. The molecule has 0 spiro atoms. The van der Waals surface area contributed by atoms with Crippen molar-refractivity contribution in [1.82, 2.24) is 9.97 Å². The van der Waals surface area contributed by atoms with Crippen molar-refractivity contribution >= 4 is 72.6 Å². The highest BCUT2D eigenvalue weighted by Gasteiger charge is 2.05. The molecule has 1 N–H and O–H groups in total. The van der Waals surface area contributed by atoms with E-state index in [9.17, 15) is 0 Å². The number of nitrogens with one attached hydrogen (secondary N) is 1. The molecule has 0 aliphatic carbocycles. The Balaban J connectivity index is 2.04. The Morgan fingerprint density at radius 2 is 2.19 bits per heavy atom. The number of halogens is 3. The van der Waals surface area contributed by atoms with Gasteiger partial charge in [-0.25, -0.2) is 9.97 Å². The number of rotatable bonds is 3. The molecule has 2 rings (SSSR count). The van der Waals surface area contributed by atoms with E-state index in [-0.39, 0.29) is 0 Å². The molecule has 0 radical (unpaired) electrons. The fourth-order valence-electron chi connectivity index (χ4n) is 0.866. The first-order chi connectivity index (χ1) is 7.65. The number of nitrogens with zero attached hydrogens (tertiary/aromatic N) is 2. The van der Waals surface area contributed by atoms with Crippen LogP contribution in [-0.2, 0) is 0 Å². The van der Waals surface area contributed by atoms with Gasteiger partial charge in [0.2, 0.25) is 0 Å². The van der Waals surface area contributed by atoms with E-state index in [1.807, 2.05) is 12.1 Å². The van der Waals surface area contributed by atoms with Crippen LogP contribution in [0, 0.1) is 0 Å². The zero-order valence-corrected chi connectivity index (χ0v) is 13.1. The quantitative estimate of drug-likeness (QED) is 0.747. The molecule has 0 fully saturated rings. The second-order valence-electron chi connectivity index (χ2n) is 2.59. The predicted molar refractivity (Wildman–Crippen MR) is 76.2 cm³/mol. The molecule has 0 unspecified atom stereocenters. The fraction of sp³-hybridized carbons (Fsp3) is 0. The Morgan fingerprint density at radius 3 is 2.81 bits per heavy atom. The monoisotopic (exact) mass is 399 g/mol. The lowest BCUT2D eigenvalue weighted by Crippen LogP contribution is -1.93. The Kier molecular flexibility index (Phi) is 4.48. The molecule has 2 aromatic heterocycles. The second kappa shape index (κ2) is 5.68. The van der Waals surface area contributed by atoms with Gasteiger partial charge in [0.15, 0.2) is 10.4 Å². The van der Waals surface area contributed by atoms with Crippen LogP contribution in [0.4, 0.5) is 5.82 Å². The molecule has 2 aromatic rings. The van der Waals surface area contributed by atoms with E-state index in [4.69, 9.17) is 11.6 Å². The summed E-state index contributed by atoms with van der Waals surface area (Å²) in [4.78, 5) is 8.35. The molecular formula is C8H4Br2ClN3S2. The number of thiophene rings is 1. The third-order valence-electron chi connectivity index (χ3n) is 1.50. The van der Waals surface area contributed by atoms with Crippen LogP contribution in [0.25, 0.3) is 0 Å². The molecular weight excluding hydrogens is 398 g/mol. The van der Waals surface area contributed by atoms with E-state index >= 15 is 0 Å². The normalized spacial score (nSPS) is 10.4. The lowest BCUT2D eigenvalue weighted by Gasteiger charge is -2.04. The average Bonchev–Trinajstić information content (AvgIpc) is 2.63. The van der Waals surface area contributed by atoms with Gasteiger partial charge in [0.1, 0.15) is 4.60 Å². The van der Waals surface area contributed by atoms with Crippen LogP contribution in [0.15, 0.2) is 31.7 Å². The van der Waals surface area contributed by atoms with Crippen LogP contribution in [-0.4, -0.2) is 9.97 Å². The van der Waals surface area contributed by atoms with Gasteiger partial charge >= 0.3 is 0 Å². The number of hydrogen-bond acceptors (Lipinski definition) is 5. The van der Waals surface area contributed by atoms with Crippen molar-refractivity contribution < 1.29 is 0 Å². The first-order valence-electron chi connectivity index (χ1n) is 4.01. The zero-order chi connectivity index (χ0) is 11.5. The molecule has 0 atom stereocenters. The van der Waals surface area contributed by atoms with Gasteiger partial charge in [-0.2, -0.15) is 0 Å². The average molecular weight is 402 g/mol. The van der Waals surface area contributed by atoms with Crippen molar-refractivity contribution in [2.24, 2.45) is 0 Å². The van der Waals surface area contributed by atoms with Crippen LogP contribution < -0.4 is 4.72 Å². The Morgan fingerprint density at radius 1 is 1.38 bits per heavy atom. The Hall–Kier alpha value is 0.180. The van der Waals surface area contributed by atoms with Gasteiger partial charge in [0.05, 0.1) is 14.7 Å². The largest absolute Gasteiger partial charge is 0.307 e. The molecule has 84 valence electrons. The van der Waals surface area contributed by atoms with E-state index in [0.29, 0.717) is 15.0 Å². The van der Waals surface area contributed by atoms with Crippen LogP contribution in [0.2, 0.25) is 4.34 Å². The fourth-order valence-corrected chi connectivity index (χ4v) is 3.87. The van der Waals surface area contributed by atoms with Crippen molar-refractivity contribution in [2.45, 2.75) is 4.21 Å². The van der Waals surface area contributed by atoms with E-state index < -0.39 is 0 Å². The maximum atomic E-state index is 5.83.